The van der Waals surface area contributed by atoms with Crippen LogP contribution in [0.3, 0.4) is 0 Å². The summed E-state index contributed by atoms with van der Waals surface area (Å²) < 4.78 is 35.5. The van der Waals surface area contributed by atoms with E-state index in [1.807, 2.05) is 20.8 Å². The summed E-state index contributed by atoms with van der Waals surface area (Å²) >= 11 is 0. The molecule has 3 aliphatic rings. The van der Waals surface area contributed by atoms with Crippen molar-refractivity contribution >= 4 is 30.0 Å². The lowest BCUT2D eigenvalue weighted by atomic mass is 9.75. The molecule has 9 atom stereocenters. The van der Waals surface area contributed by atoms with Crippen molar-refractivity contribution in [2.45, 2.75) is 232 Å². The fourth-order valence-corrected chi connectivity index (χ4v) is 8.92. The Morgan fingerprint density at radius 1 is 0.871 bits per heavy atom. The zero-order valence-electron chi connectivity index (χ0n) is 39.1. The molecule has 0 aromatic rings. The van der Waals surface area contributed by atoms with Crippen LogP contribution in [0.5, 0.6) is 0 Å². The van der Waals surface area contributed by atoms with Gasteiger partial charge in [0.1, 0.15) is 29.5 Å². The Hall–Kier alpha value is -3.53. The molecule has 0 radical (unpaired) electrons. The Morgan fingerprint density at radius 3 is 1.94 bits per heavy atom. The monoisotopic (exact) mass is 880 g/mol. The molecule has 0 aromatic heterocycles. The number of carbonyl (C=O) groups is 5. The molecule has 1 amide bonds. The van der Waals surface area contributed by atoms with Gasteiger partial charge in [-0.05, 0) is 91.4 Å². The molecule has 1 aliphatic heterocycles. The quantitative estimate of drug-likeness (QED) is 0.0246. The number of hydrogen-bond donors (Lipinski definition) is 4. The smallest absolute Gasteiger partial charge is 0.407 e. The van der Waals surface area contributed by atoms with E-state index in [0.29, 0.717) is 30.5 Å². The van der Waals surface area contributed by atoms with Gasteiger partial charge < -0.3 is 49.1 Å². The molecule has 1 unspecified atom stereocenters. The summed E-state index contributed by atoms with van der Waals surface area (Å²) in [6.45, 7) is 17.0. The first-order valence-corrected chi connectivity index (χ1v) is 22.9. The second kappa shape index (κ2) is 23.4. The number of nitrogens with one attached hydrogen (secondary N) is 1. The first-order chi connectivity index (χ1) is 29.0. The van der Waals surface area contributed by atoms with Crippen LogP contribution in [0.4, 0.5) is 4.79 Å². The van der Waals surface area contributed by atoms with Gasteiger partial charge in [0.25, 0.3) is 0 Å². The zero-order valence-corrected chi connectivity index (χ0v) is 39.1. The molecule has 0 bridgehead atoms. The second-order valence-corrected chi connectivity index (χ2v) is 18.8. The molecule has 2 aliphatic carbocycles. The van der Waals surface area contributed by atoms with E-state index in [4.69, 9.17) is 28.4 Å². The van der Waals surface area contributed by atoms with Crippen LogP contribution in [0.1, 0.15) is 178 Å². The number of aliphatic hydroxyl groups excluding tert-OH is 1. The number of unbranched alkanes of at least 4 members (excludes halogenated alkanes) is 12. The lowest BCUT2D eigenvalue weighted by molar-refractivity contribution is -0.213. The van der Waals surface area contributed by atoms with Crippen molar-refractivity contribution in [1.29, 1.82) is 0 Å². The zero-order chi connectivity index (χ0) is 46.5. The maximum atomic E-state index is 13.6. The largest absolute Gasteiger partial charge is 0.459 e. The summed E-state index contributed by atoms with van der Waals surface area (Å²) in [4.78, 5) is 65.3. The van der Waals surface area contributed by atoms with Crippen molar-refractivity contribution in [2.75, 3.05) is 6.54 Å². The Kier molecular flexibility index (Phi) is 19.9. The number of hydrogen-bond acceptors (Lipinski definition) is 14. The summed E-state index contributed by atoms with van der Waals surface area (Å²) in [6.07, 6.45) is 6.32. The highest BCUT2D eigenvalue weighted by Crippen LogP contribution is 2.57. The van der Waals surface area contributed by atoms with Crippen molar-refractivity contribution in [3.8, 4) is 0 Å². The fourth-order valence-electron chi connectivity index (χ4n) is 8.92. The summed E-state index contributed by atoms with van der Waals surface area (Å²) in [5.74, 6) is -4.25. The predicted octanol–water partition coefficient (Wildman–Crippen LogP) is 7.35. The molecule has 1 heterocycles. The third kappa shape index (κ3) is 13.7. The molecule has 1 saturated carbocycles. The molecule has 354 valence electrons. The number of fused-ring (bicyclic) bond motifs is 3. The van der Waals surface area contributed by atoms with Crippen LogP contribution < -0.4 is 5.32 Å². The van der Waals surface area contributed by atoms with E-state index >= 15 is 0 Å². The Morgan fingerprint density at radius 2 is 1.40 bits per heavy atom. The van der Waals surface area contributed by atoms with Crippen LogP contribution in [0.15, 0.2) is 22.8 Å². The second-order valence-electron chi connectivity index (χ2n) is 18.8. The van der Waals surface area contributed by atoms with E-state index in [9.17, 15) is 39.3 Å². The van der Waals surface area contributed by atoms with E-state index in [1.54, 1.807) is 33.8 Å². The van der Waals surface area contributed by atoms with Gasteiger partial charge in [-0.15, -0.1) is 0 Å². The minimum absolute atomic E-state index is 0.00906. The molecule has 0 spiro atoms. The highest BCUT2D eigenvalue weighted by molar-refractivity contribution is 5.85. The van der Waals surface area contributed by atoms with Gasteiger partial charge in [0.2, 0.25) is 0 Å². The van der Waals surface area contributed by atoms with Gasteiger partial charge in [-0.3, -0.25) is 14.4 Å². The summed E-state index contributed by atoms with van der Waals surface area (Å²) in [6, 6.07) is 0. The molecule has 1 saturated heterocycles. The summed E-state index contributed by atoms with van der Waals surface area (Å²) in [5.41, 5.74) is -6.42. The molecule has 15 heteroatoms. The first-order valence-electron chi connectivity index (χ1n) is 22.9. The number of alkyl carbamates (subject to hydrolysis) is 1. The highest BCUT2D eigenvalue weighted by Gasteiger charge is 2.76. The molecule has 3 rings (SSSR count). The molecular formula is C47H77NO14. The van der Waals surface area contributed by atoms with Gasteiger partial charge >= 0.3 is 30.0 Å². The van der Waals surface area contributed by atoms with E-state index in [2.05, 4.69) is 12.2 Å². The Bertz CT molecular complexity index is 1600. The highest BCUT2D eigenvalue weighted by atomic mass is 16.6. The van der Waals surface area contributed by atoms with Gasteiger partial charge in [-0.25, -0.2) is 9.59 Å². The minimum Gasteiger partial charge on any atom is -0.459 e. The molecule has 4 N–H and O–H groups in total. The third-order valence-electron chi connectivity index (χ3n) is 12.4. The van der Waals surface area contributed by atoms with Gasteiger partial charge in [-0.2, -0.15) is 0 Å². The van der Waals surface area contributed by atoms with Gasteiger partial charge in [-0.1, -0.05) is 83.6 Å². The third-order valence-corrected chi connectivity index (χ3v) is 12.4. The molecule has 62 heavy (non-hydrogen) atoms. The molecule has 15 nitrogen and oxygen atoms in total. The molecule has 0 aromatic carbocycles. The van der Waals surface area contributed by atoms with Crippen molar-refractivity contribution in [3.05, 3.63) is 22.8 Å². The number of rotatable bonds is 24. The Balaban J connectivity index is 1.78. The van der Waals surface area contributed by atoms with Crippen LogP contribution >= 0.6 is 0 Å². The lowest BCUT2D eigenvalue weighted by Gasteiger charge is -2.42. The molecular weight excluding hydrogens is 803 g/mol. The van der Waals surface area contributed by atoms with E-state index in [-0.39, 0.29) is 18.4 Å². The standard InChI is InChI=1S/C47H77NO14/c1-11-13-14-20-23-27-35(51)58-39-37-36(31(4)38(39)59-41(52)30(3)12-2)40-47(56,46(10,55)42(53)60-40)33(29-45(37,9)61-32(5)49)57-34(50)26-24-21-18-16-15-17-19-22-25-28-48-43(54)62-44(6,7)8/h12,33,37-41,52,55-56H,11,13-29H2,1-10H3,(H,48,54)/b30-12-/t33-,37+,38-,39-,40-,41?,45-,46+,47+/m0/s1. The minimum atomic E-state index is -2.60. The number of amides is 1. The number of allylic oxidation sites excluding steroid dienone is 1. The number of aliphatic hydroxyl groups is 3. The van der Waals surface area contributed by atoms with Crippen molar-refractivity contribution < 1.29 is 67.7 Å². The van der Waals surface area contributed by atoms with Crippen LogP contribution in [0.2, 0.25) is 0 Å². The Labute approximate surface area is 369 Å². The molecule has 2 fully saturated rings. The van der Waals surface area contributed by atoms with Gasteiger partial charge in [0, 0.05) is 32.7 Å². The van der Waals surface area contributed by atoms with Gasteiger partial charge in [0.05, 0.1) is 5.92 Å². The number of ether oxygens (including phenoxy) is 6. The number of esters is 4. The average Bonchev–Trinajstić information content (AvgIpc) is 3.51. The van der Waals surface area contributed by atoms with Gasteiger partial charge in [0.15, 0.2) is 23.6 Å². The first kappa shape index (κ1) is 52.8. The maximum absolute atomic E-state index is 13.6. The summed E-state index contributed by atoms with van der Waals surface area (Å²) in [5, 5.41) is 38.3. The van der Waals surface area contributed by atoms with E-state index in [0.717, 1.165) is 84.0 Å². The van der Waals surface area contributed by atoms with Crippen LogP contribution in [-0.4, -0.2) is 105 Å². The summed E-state index contributed by atoms with van der Waals surface area (Å²) in [7, 11) is 0. The van der Waals surface area contributed by atoms with Crippen molar-refractivity contribution in [3.63, 3.8) is 0 Å². The maximum Gasteiger partial charge on any atom is 0.407 e. The van der Waals surface area contributed by atoms with Crippen LogP contribution in [0, 0.1) is 5.92 Å². The lowest BCUT2D eigenvalue weighted by Crippen LogP contribution is -2.64. The average molecular weight is 880 g/mol. The van der Waals surface area contributed by atoms with Crippen LogP contribution in [-0.2, 0) is 47.6 Å². The van der Waals surface area contributed by atoms with E-state index < -0.39 is 95.4 Å². The normalized spacial score (nSPS) is 29.0. The number of carbonyl (C=O) groups excluding carboxylic acids is 5. The fraction of sp³-hybridized carbons (Fsp3) is 0.809. The van der Waals surface area contributed by atoms with Crippen molar-refractivity contribution in [2.24, 2.45) is 5.92 Å². The predicted molar refractivity (Wildman–Crippen MR) is 230 cm³/mol. The SMILES string of the molecule is C/C=C(/C)C(O)O[C@H]1C(C)=C2[C@H]([C@@H]1OC(=O)CCCCCCC)[C@@](C)(OC(C)=O)C[C@H](OC(=O)CCCCCCCCCCCNC(=O)OC(C)(C)C)[C@@]1(O)[C@H]2OC(=O)[C@@]1(C)O. The van der Waals surface area contributed by atoms with Crippen molar-refractivity contribution in [1.82, 2.24) is 5.32 Å². The topological polar surface area (TPSA) is 213 Å². The van der Waals surface area contributed by atoms with E-state index in [1.165, 1.54) is 6.92 Å². The van der Waals surface area contributed by atoms with Crippen LogP contribution in [0.25, 0.3) is 0 Å².